The number of anilines is 1. The lowest BCUT2D eigenvalue weighted by Gasteiger charge is -2.31. The lowest BCUT2D eigenvalue weighted by molar-refractivity contribution is -0.121. The van der Waals surface area contributed by atoms with Crippen molar-refractivity contribution in [2.24, 2.45) is 5.92 Å². The maximum Gasteiger partial charge on any atom is 0.253 e. The number of amides is 2. The Balaban J connectivity index is 1.33. The van der Waals surface area contributed by atoms with Crippen molar-refractivity contribution < 1.29 is 14.1 Å². The second-order valence-corrected chi connectivity index (χ2v) is 7.02. The molecule has 0 unspecified atom stereocenters. The average molecular weight is 378 g/mol. The molecule has 1 fully saturated rings. The first kappa shape index (κ1) is 18.0. The van der Waals surface area contributed by atoms with E-state index in [0.717, 1.165) is 5.69 Å². The number of nitrogens with zero attached hydrogens (tertiary/aromatic N) is 3. The summed E-state index contributed by atoms with van der Waals surface area (Å²) >= 11 is 0. The zero-order chi connectivity index (χ0) is 19.5. The summed E-state index contributed by atoms with van der Waals surface area (Å²) in [5.41, 5.74) is 1.68. The molecule has 1 aliphatic heterocycles. The fourth-order valence-corrected chi connectivity index (χ4v) is 3.46. The summed E-state index contributed by atoms with van der Waals surface area (Å²) in [7, 11) is 0. The summed E-state index contributed by atoms with van der Waals surface area (Å²) in [4.78, 5) is 27.0. The SMILES string of the molecule is Cc1cc(NC(=O)C2CCN(C(=O)c3ccc(-n4cccc4)cc3)CC2)no1. The number of aryl methyl sites for hydroxylation is 1. The monoisotopic (exact) mass is 378 g/mol. The van der Waals surface area contributed by atoms with Crippen molar-refractivity contribution in [1.29, 1.82) is 0 Å². The number of rotatable bonds is 4. The number of nitrogens with one attached hydrogen (secondary N) is 1. The van der Waals surface area contributed by atoms with E-state index in [1.165, 1.54) is 0 Å². The van der Waals surface area contributed by atoms with Gasteiger partial charge in [-0.1, -0.05) is 5.16 Å². The van der Waals surface area contributed by atoms with Gasteiger partial charge in [-0.05, 0) is 56.2 Å². The van der Waals surface area contributed by atoms with Crippen LogP contribution in [0.4, 0.5) is 5.82 Å². The third-order valence-corrected chi connectivity index (χ3v) is 5.05. The number of hydrogen-bond acceptors (Lipinski definition) is 4. The summed E-state index contributed by atoms with van der Waals surface area (Å²) in [6.45, 7) is 2.90. The van der Waals surface area contributed by atoms with Crippen molar-refractivity contribution in [2.75, 3.05) is 18.4 Å². The molecule has 0 atom stereocenters. The number of piperidine rings is 1. The molecule has 0 bridgehead atoms. The highest BCUT2D eigenvalue weighted by Crippen LogP contribution is 2.21. The molecule has 0 spiro atoms. The van der Waals surface area contributed by atoms with Gasteiger partial charge < -0.3 is 19.3 Å². The number of likely N-dealkylation sites (tertiary alicyclic amines) is 1. The number of carbonyl (C=O) groups excluding carboxylic acids is 2. The lowest BCUT2D eigenvalue weighted by Crippen LogP contribution is -2.41. The van der Waals surface area contributed by atoms with Gasteiger partial charge in [0.05, 0.1) is 0 Å². The highest BCUT2D eigenvalue weighted by Gasteiger charge is 2.28. The van der Waals surface area contributed by atoms with Crippen LogP contribution in [-0.2, 0) is 4.79 Å². The van der Waals surface area contributed by atoms with Gasteiger partial charge in [-0.25, -0.2) is 0 Å². The predicted octanol–water partition coefficient (Wildman–Crippen LogP) is 3.26. The smallest absolute Gasteiger partial charge is 0.253 e. The largest absolute Gasteiger partial charge is 0.360 e. The van der Waals surface area contributed by atoms with Crippen LogP contribution < -0.4 is 5.32 Å². The zero-order valence-electron chi connectivity index (χ0n) is 15.7. The fourth-order valence-electron chi connectivity index (χ4n) is 3.46. The molecule has 0 aliphatic carbocycles. The molecule has 3 heterocycles. The molecule has 7 nitrogen and oxygen atoms in total. The molecule has 3 aromatic rings. The molecule has 2 amide bonds. The van der Waals surface area contributed by atoms with E-state index in [9.17, 15) is 9.59 Å². The third-order valence-electron chi connectivity index (χ3n) is 5.05. The molecule has 1 N–H and O–H groups in total. The van der Waals surface area contributed by atoms with E-state index < -0.39 is 0 Å². The lowest BCUT2D eigenvalue weighted by atomic mass is 9.95. The third kappa shape index (κ3) is 3.83. The van der Waals surface area contributed by atoms with Gasteiger partial charge in [-0.15, -0.1) is 0 Å². The Kier molecular flexibility index (Phi) is 4.97. The molecule has 1 saturated heterocycles. The summed E-state index contributed by atoms with van der Waals surface area (Å²) < 4.78 is 6.96. The minimum atomic E-state index is -0.128. The van der Waals surface area contributed by atoms with Crippen LogP contribution in [0.25, 0.3) is 5.69 Å². The molecule has 4 rings (SSSR count). The molecular weight excluding hydrogens is 356 g/mol. The van der Waals surface area contributed by atoms with E-state index >= 15 is 0 Å². The van der Waals surface area contributed by atoms with Gasteiger partial charge in [0, 0.05) is 48.7 Å². The summed E-state index contributed by atoms with van der Waals surface area (Å²) in [5, 5.41) is 6.56. The van der Waals surface area contributed by atoms with Gasteiger partial charge in [0.2, 0.25) is 5.91 Å². The van der Waals surface area contributed by atoms with Crippen LogP contribution in [-0.4, -0.2) is 39.5 Å². The van der Waals surface area contributed by atoms with Crippen molar-refractivity contribution in [2.45, 2.75) is 19.8 Å². The van der Waals surface area contributed by atoms with E-state index in [4.69, 9.17) is 4.52 Å². The Labute approximate surface area is 162 Å². The van der Waals surface area contributed by atoms with E-state index in [1.54, 1.807) is 13.0 Å². The van der Waals surface area contributed by atoms with Crippen LogP contribution in [0.15, 0.2) is 59.4 Å². The highest BCUT2D eigenvalue weighted by molar-refractivity contribution is 5.95. The highest BCUT2D eigenvalue weighted by atomic mass is 16.5. The Bertz CT molecular complexity index is 952. The molecule has 0 radical (unpaired) electrons. The van der Waals surface area contributed by atoms with Gasteiger partial charge >= 0.3 is 0 Å². The van der Waals surface area contributed by atoms with Crippen LogP contribution in [0.2, 0.25) is 0 Å². The number of aromatic nitrogens is 2. The van der Waals surface area contributed by atoms with Crippen molar-refractivity contribution in [3.05, 3.63) is 66.2 Å². The van der Waals surface area contributed by atoms with Crippen molar-refractivity contribution in [3.63, 3.8) is 0 Å². The Morgan fingerprint density at radius 2 is 1.79 bits per heavy atom. The van der Waals surface area contributed by atoms with E-state index in [2.05, 4.69) is 10.5 Å². The standard InChI is InChI=1S/C21H22N4O3/c1-15-14-19(23-28-15)22-20(26)16-8-12-25(13-9-16)21(27)17-4-6-18(7-5-17)24-10-2-3-11-24/h2-7,10-11,14,16H,8-9,12-13H2,1H3,(H,22,23,26). The van der Waals surface area contributed by atoms with Gasteiger partial charge in [-0.3, -0.25) is 9.59 Å². The Morgan fingerprint density at radius 1 is 1.11 bits per heavy atom. The molecule has 144 valence electrons. The van der Waals surface area contributed by atoms with Gasteiger partial charge in [-0.2, -0.15) is 0 Å². The summed E-state index contributed by atoms with van der Waals surface area (Å²) in [5.74, 6) is 0.890. The molecule has 0 saturated carbocycles. The van der Waals surface area contributed by atoms with E-state index in [1.807, 2.05) is 58.3 Å². The van der Waals surface area contributed by atoms with Gasteiger partial charge in [0.1, 0.15) is 5.76 Å². The van der Waals surface area contributed by atoms with Crippen molar-refractivity contribution in [3.8, 4) is 5.69 Å². The first-order valence-corrected chi connectivity index (χ1v) is 9.37. The quantitative estimate of drug-likeness (QED) is 0.756. The normalized spacial score (nSPS) is 14.8. The number of benzene rings is 1. The fraction of sp³-hybridized carbons (Fsp3) is 0.286. The molecular formula is C21H22N4O3. The second kappa shape index (κ2) is 7.72. The summed E-state index contributed by atoms with van der Waals surface area (Å²) in [6.07, 6.45) is 5.20. The van der Waals surface area contributed by atoms with E-state index in [0.29, 0.717) is 43.1 Å². The van der Waals surface area contributed by atoms with Crippen LogP contribution >= 0.6 is 0 Å². The predicted molar refractivity (Wildman–Crippen MR) is 104 cm³/mol. The van der Waals surface area contributed by atoms with Crippen molar-refractivity contribution >= 4 is 17.6 Å². The number of carbonyl (C=O) groups is 2. The van der Waals surface area contributed by atoms with Crippen LogP contribution in [0.5, 0.6) is 0 Å². The number of hydrogen-bond donors (Lipinski definition) is 1. The molecule has 7 heteroatoms. The van der Waals surface area contributed by atoms with Crippen LogP contribution in [0, 0.1) is 12.8 Å². The minimum Gasteiger partial charge on any atom is -0.360 e. The zero-order valence-corrected chi connectivity index (χ0v) is 15.7. The first-order chi connectivity index (χ1) is 13.6. The Morgan fingerprint density at radius 3 is 2.39 bits per heavy atom. The average Bonchev–Trinajstić information content (AvgIpc) is 3.40. The van der Waals surface area contributed by atoms with Gasteiger partial charge in [0.15, 0.2) is 5.82 Å². The van der Waals surface area contributed by atoms with Crippen LogP contribution in [0.3, 0.4) is 0 Å². The first-order valence-electron chi connectivity index (χ1n) is 9.37. The maximum absolute atomic E-state index is 12.8. The maximum atomic E-state index is 12.8. The van der Waals surface area contributed by atoms with Crippen molar-refractivity contribution in [1.82, 2.24) is 14.6 Å². The Hall–Kier alpha value is -3.35. The van der Waals surface area contributed by atoms with Gasteiger partial charge in [0.25, 0.3) is 5.91 Å². The molecule has 1 aliphatic rings. The summed E-state index contributed by atoms with van der Waals surface area (Å²) in [6, 6.07) is 13.2. The second-order valence-electron chi connectivity index (χ2n) is 7.02. The molecule has 2 aromatic heterocycles. The topological polar surface area (TPSA) is 80.4 Å². The molecule has 28 heavy (non-hydrogen) atoms. The molecule has 1 aromatic carbocycles. The van der Waals surface area contributed by atoms with Crippen LogP contribution in [0.1, 0.15) is 29.0 Å². The van der Waals surface area contributed by atoms with E-state index in [-0.39, 0.29) is 17.7 Å². The minimum absolute atomic E-state index is 0.00467.